The van der Waals surface area contributed by atoms with Crippen molar-refractivity contribution < 1.29 is 4.79 Å². The summed E-state index contributed by atoms with van der Waals surface area (Å²) in [7, 11) is 0. The molecule has 0 amide bonds. The SMILES string of the molecule is Nc1ncc(Br)c(Cl)c1C=O. The molecule has 11 heavy (non-hydrogen) atoms. The number of hydrogen-bond acceptors (Lipinski definition) is 3. The van der Waals surface area contributed by atoms with E-state index in [1.165, 1.54) is 6.20 Å². The molecule has 0 bridgehead atoms. The summed E-state index contributed by atoms with van der Waals surface area (Å²) in [6.45, 7) is 0. The molecule has 0 fully saturated rings. The molecule has 58 valence electrons. The van der Waals surface area contributed by atoms with Crippen molar-refractivity contribution in [2.75, 3.05) is 5.73 Å². The summed E-state index contributed by atoms with van der Waals surface area (Å²) in [5.74, 6) is 0.146. The summed E-state index contributed by atoms with van der Waals surface area (Å²) in [4.78, 5) is 14.1. The minimum Gasteiger partial charge on any atom is -0.383 e. The minimum absolute atomic E-state index is 0.146. The Bertz CT molecular complexity index is 303. The molecular weight excluding hydrogens is 231 g/mol. The van der Waals surface area contributed by atoms with E-state index in [0.717, 1.165) is 0 Å². The Kier molecular flexibility index (Phi) is 2.46. The number of carbonyl (C=O) groups is 1. The number of halogens is 2. The van der Waals surface area contributed by atoms with E-state index in [0.29, 0.717) is 15.8 Å². The maximum Gasteiger partial charge on any atom is 0.155 e. The monoisotopic (exact) mass is 234 g/mol. The Labute approximate surface area is 76.7 Å². The number of hydrogen-bond donors (Lipinski definition) is 1. The lowest BCUT2D eigenvalue weighted by atomic mass is 10.3. The van der Waals surface area contributed by atoms with E-state index in [-0.39, 0.29) is 11.4 Å². The van der Waals surface area contributed by atoms with Gasteiger partial charge in [0.2, 0.25) is 0 Å². The number of nitrogens with two attached hydrogens (primary N) is 1. The number of carbonyl (C=O) groups excluding carboxylic acids is 1. The van der Waals surface area contributed by atoms with Crippen LogP contribution in [0, 0.1) is 0 Å². The van der Waals surface area contributed by atoms with Crippen LogP contribution in [0.1, 0.15) is 10.4 Å². The number of nitrogen functional groups attached to an aromatic ring is 1. The van der Waals surface area contributed by atoms with E-state index in [4.69, 9.17) is 17.3 Å². The van der Waals surface area contributed by atoms with Crippen molar-refractivity contribution in [3.05, 3.63) is 21.3 Å². The van der Waals surface area contributed by atoms with Gasteiger partial charge >= 0.3 is 0 Å². The van der Waals surface area contributed by atoms with E-state index in [1.54, 1.807) is 0 Å². The highest BCUT2D eigenvalue weighted by atomic mass is 79.9. The van der Waals surface area contributed by atoms with Crippen LogP contribution in [0.2, 0.25) is 5.02 Å². The van der Waals surface area contributed by atoms with Crippen LogP contribution in [0.4, 0.5) is 5.82 Å². The predicted molar refractivity (Wildman–Crippen MR) is 46.7 cm³/mol. The fourth-order valence-corrected chi connectivity index (χ4v) is 1.11. The topological polar surface area (TPSA) is 56.0 Å². The van der Waals surface area contributed by atoms with Gasteiger partial charge in [-0.3, -0.25) is 4.79 Å². The van der Waals surface area contributed by atoms with E-state index in [1.807, 2.05) is 0 Å². The highest BCUT2D eigenvalue weighted by molar-refractivity contribution is 9.10. The van der Waals surface area contributed by atoms with Crippen molar-refractivity contribution in [3.8, 4) is 0 Å². The van der Waals surface area contributed by atoms with Gasteiger partial charge in [-0.2, -0.15) is 0 Å². The standard InChI is InChI=1S/C6H4BrClN2O/c7-4-1-10-6(9)3(2-11)5(4)8/h1-2H,(H2,9,10). The summed E-state index contributed by atoms with van der Waals surface area (Å²) in [6.07, 6.45) is 2.03. The third-order valence-corrected chi connectivity index (χ3v) is 2.39. The number of nitrogens with zero attached hydrogens (tertiary/aromatic N) is 1. The van der Waals surface area contributed by atoms with E-state index in [2.05, 4.69) is 20.9 Å². The molecule has 0 spiro atoms. The third kappa shape index (κ3) is 1.52. The number of aromatic nitrogens is 1. The summed E-state index contributed by atoms with van der Waals surface area (Å²) >= 11 is 8.81. The molecule has 0 atom stereocenters. The number of rotatable bonds is 1. The summed E-state index contributed by atoms with van der Waals surface area (Å²) < 4.78 is 0.565. The lowest BCUT2D eigenvalue weighted by Gasteiger charge is -2.00. The lowest BCUT2D eigenvalue weighted by Crippen LogP contribution is -1.97. The molecule has 0 aliphatic heterocycles. The van der Waals surface area contributed by atoms with Gasteiger partial charge in [0.25, 0.3) is 0 Å². The lowest BCUT2D eigenvalue weighted by molar-refractivity contribution is 0.112. The van der Waals surface area contributed by atoms with Crippen molar-refractivity contribution in [2.45, 2.75) is 0 Å². The smallest absolute Gasteiger partial charge is 0.155 e. The number of aldehydes is 1. The van der Waals surface area contributed by atoms with Gasteiger partial charge in [-0.15, -0.1) is 0 Å². The van der Waals surface area contributed by atoms with Crippen LogP contribution in [0.25, 0.3) is 0 Å². The Morgan fingerprint density at radius 1 is 1.73 bits per heavy atom. The van der Waals surface area contributed by atoms with Crippen molar-refractivity contribution in [1.82, 2.24) is 4.98 Å². The first kappa shape index (κ1) is 8.49. The number of anilines is 1. The number of pyridine rings is 1. The average molecular weight is 235 g/mol. The van der Waals surface area contributed by atoms with Gasteiger partial charge < -0.3 is 5.73 Å². The van der Waals surface area contributed by atoms with Crippen LogP contribution in [-0.2, 0) is 0 Å². The van der Waals surface area contributed by atoms with Crippen molar-refractivity contribution >= 4 is 39.6 Å². The average Bonchev–Trinajstić information content (AvgIpc) is 1.99. The molecule has 2 N–H and O–H groups in total. The largest absolute Gasteiger partial charge is 0.383 e. The minimum atomic E-state index is 0.146. The molecule has 3 nitrogen and oxygen atoms in total. The first-order valence-corrected chi connectivity index (χ1v) is 3.88. The zero-order valence-corrected chi connectivity index (χ0v) is 7.69. The van der Waals surface area contributed by atoms with Crippen molar-refractivity contribution in [3.63, 3.8) is 0 Å². The maximum absolute atomic E-state index is 10.4. The molecule has 0 radical (unpaired) electrons. The molecule has 1 rings (SSSR count). The second-order valence-corrected chi connectivity index (χ2v) is 3.07. The summed E-state index contributed by atoms with van der Waals surface area (Å²) in [6, 6.07) is 0. The van der Waals surface area contributed by atoms with Gasteiger partial charge in [-0.05, 0) is 15.9 Å². The molecular formula is C6H4BrClN2O. The predicted octanol–water partition coefficient (Wildman–Crippen LogP) is 1.89. The van der Waals surface area contributed by atoms with Crippen LogP contribution in [0.5, 0.6) is 0 Å². The van der Waals surface area contributed by atoms with Gasteiger partial charge in [0.05, 0.1) is 15.1 Å². The van der Waals surface area contributed by atoms with Gasteiger partial charge in [0.15, 0.2) is 6.29 Å². The van der Waals surface area contributed by atoms with Crippen LogP contribution in [-0.4, -0.2) is 11.3 Å². The quantitative estimate of drug-likeness (QED) is 0.756. The van der Waals surface area contributed by atoms with Crippen molar-refractivity contribution in [1.29, 1.82) is 0 Å². The fraction of sp³-hybridized carbons (Fsp3) is 0. The molecule has 0 aliphatic carbocycles. The first-order chi connectivity index (χ1) is 5.16. The van der Waals surface area contributed by atoms with Crippen LogP contribution in [0.15, 0.2) is 10.7 Å². The van der Waals surface area contributed by atoms with Crippen LogP contribution >= 0.6 is 27.5 Å². The fourth-order valence-electron chi connectivity index (χ4n) is 0.606. The van der Waals surface area contributed by atoms with E-state index >= 15 is 0 Å². The molecule has 1 aromatic heterocycles. The highest BCUT2D eigenvalue weighted by Crippen LogP contribution is 2.26. The van der Waals surface area contributed by atoms with Gasteiger partial charge in [0.1, 0.15) is 5.82 Å². The third-order valence-electron chi connectivity index (χ3n) is 1.16. The molecule has 0 aliphatic rings. The second-order valence-electron chi connectivity index (χ2n) is 1.84. The Morgan fingerprint density at radius 3 is 2.82 bits per heavy atom. The van der Waals surface area contributed by atoms with Gasteiger partial charge in [-0.1, -0.05) is 11.6 Å². The normalized spacial score (nSPS) is 9.64. The second kappa shape index (κ2) is 3.19. The summed E-state index contributed by atoms with van der Waals surface area (Å²) in [5, 5.41) is 0.299. The highest BCUT2D eigenvalue weighted by Gasteiger charge is 2.07. The zero-order valence-electron chi connectivity index (χ0n) is 5.34. The molecule has 0 saturated carbocycles. The molecule has 0 aromatic carbocycles. The van der Waals surface area contributed by atoms with Crippen molar-refractivity contribution in [2.24, 2.45) is 0 Å². The molecule has 0 saturated heterocycles. The summed E-state index contributed by atoms with van der Waals surface area (Å²) in [5.41, 5.74) is 5.58. The Balaban J connectivity index is 3.40. The Hall–Kier alpha value is -0.610. The van der Waals surface area contributed by atoms with E-state index in [9.17, 15) is 4.79 Å². The van der Waals surface area contributed by atoms with Crippen LogP contribution in [0.3, 0.4) is 0 Å². The maximum atomic E-state index is 10.4. The Morgan fingerprint density at radius 2 is 2.36 bits per heavy atom. The molecule has 5 heteroatoms. The molecule has 0 unspecified atom stereocenters. The zero-order chi connectivity index (χ0) is 8.43. The molecule has 1 heterocycles. The van der Waals surface area contributed by atoms with E-state index < -0.39 is 0 Å². The first-order valence-electron chi connectivity index (χ1n) is 2.71. The molecule has 1 aromatic rings. The van der Waals surface area contributed by atoms with Gasteiger partial charge in [-0.25, -0.2) is 4.98 Å². The van der Waals surface area contributed by atoms with Crippen LogP contribution < -0.4 is 5.73 Å². The van der Waals surface area contributed by atoms with Gasteiger partial charge in [0, 0.05) is 6.20 Å².